The van der Waals surface area contributed by atoms with Crippen molar-refractivity contribution in [3.63, 3.8) is 0 Å². The zero-order valence-corrected chi connectivity index (χ0v) is 16.3. The van der Waals surface area contributed by atoms with Crippen LogP contribution >= 0.6 is 23.4 Å². The molecule has 1 heterocycles. The summed E-state index contributed by atoms with van der Waals surface area (Å²) in [6, 6.07) is 15.2. The van der Waals surface area contributed by atoms with Crippen LogP contribution in [0.4, 0.5) is 5.69 Å². The van der Waals surface area contributed by atoms with Gasteiger partial charge in [0.15, 0.2) is 11.0 Å². The van der Waals surface area contributed by atoms with Crippen molar-refractivity contribution >= 4 is 35.0 Å². The number of carbonyl (C=O) groups is 1. The number of halogens is 1. The summed E-state index contributed by atoms with van der Waals surface area (Å²) in [4.78, 5) is 12.4. The monoisotopic (exact) mass is 386 g/mol. The van der Waals surface area contributed by atoms with E-state index in [0.717, 1.165) is 16.8 Å². The predicted octanol–water partition coefficient (Wildman–Crippen LogP) is 4.56. The molecule has 1 amide bonds. The summed E-state index contributed by atoms with van der Waals surface area (Å²) in [5.41, 5.74) is 2.74. The van der Waals surface area contributed by atoms with Crippen LogP contribution in [-0.4, -0.2) is 25.9 Å². The molecule has 0 aliphatic heterocycles. The van der Waals surface area contributed by atoms with E-state index in [0.29, 0.717) is 16.0 Å². The summed E-state index contributed by atoms with van der Waals surface area (Å²) < 4.78 is 1.85. The van der Waals surface area contributed by atoms with Gasteiger partial charge in [0, 0.05) is 18.3 Å². The normalized spacial score (nSPS) is 12.0. The highest BCUT2D eigenvalue weighted by Crippen LogP contribution is 2.29. The highest BCUT2D eigenvalue weighted by Gasteiger charge is 2.20. The van der Waals surface area contributed by atoms with Gasteiger partial charge in [-0.2, -0.15) is 0 Å². The summed E-state index contributed by atoms with van der Waals surface area (Å²) in [5, 5.41) is 12.3. The highest BCUT2D eigenvalue weighted by atomic mass is 35.5. The third-order valence-corrected chi connectivity index (χ3v) is 5.38. The van der Waals surface area contributed by atoms with Gasteiger partial charge < -0.3 is 9.88 Å². The van der Waals surface area contributed by atoms with E-state index in [1.165, 1.54) is 11.8 Å². The van der Waals surface area contributed by atoms with Gasteiger partial charge in [0.1, 0.15) is 0 Å². The Bertz CT molecular complexity index is 924. The largest absolute Gasteiger partial charge is 0.325 e. The van der Waals surface area contributed by atoms with Crippen molar-refractivity contribution in [3.05, 3.63) is 59.1 Å². The molecule has 0 unspecified atom stereocenters. The van der Waals surface area contributed by atoms with E-state index >= 15 is 0 Å². The number of amides is 1. The molecule has 1 atom stereocenters. The average molecular weight is 387 g/mol. The second kappa shape index (κ2) is 7.93. The van der Waals surface area contributed by atoms with Crippen LogP contribution < -0.4 is 5.32 Å². The molecule has 0 spiro atoms. The molecule has 0 saturated carbocycles. The van der Waals surface area contributed by atoms with Crippen LogP contribution in [0.1, 0.15) is 12.5 Å². The topological polar surface area (TPSA) is 59.8 Å². The van der Waals surface area contributed by atoms with E-state index in [1.807, 2.05) is 74.0 Å². The van der Waals surface area contributed by atoms with Crippen molar-refractivity contribution < 1.29 is 4.79 Å². The molecule has 0 radical (unpaired) electrons. The molecule has 5 nitrogen and oxygen atoms in total. The summed E-state index contributed by atoms with van der Waals surface area (Å²) in [6.45, 7) is 3.85. The van der Waals surface area contributed by atoms with Gasteiger partial charge in [-0.3, -0.25) is 4.79 Å². The van der Waals surface area contributed by atoms with E-state index in [1.54, 1.807) is 0 Å². The second-order valence-corrected chi connectivity index (χ2v) is 7.68. The van der Waals surface area contributed by atoms with Crippen molar-refractivity contribution in [1.82, 2.24) is 14.8 Å². The summed E-state index contributed by atoms with van der Waals surface area (Å²) >= 11 is 7.60. The number of aromatic nitrogens is 3. The van der Waals surface area contributed by atoms with E-state index in [2.05, 4.69) is 15.5 Å². The Balaban J connectivity index is 1.71. The van der Waals surface area contributed by atoms with Gasteiger partial charge in [0.25, 0.3) is 0 Å². The molecular formula is C19H19ClN4OS. The molecule has 0 aliphatic carbocycles. The van der Waals surface area contributed by atoms with Crippen LogP contribution in [0, 0.1) is 6.92 Å². The molecule has 0 aliphatic rings. The average Bonchev–Trinajstić information content (AvgIpc) is 2.98. The van der Waals surface area contributed by atoms with Crippen molar-refractivity contribution in [2.75, 3.05) is 5.32 Å². The van der Waals surface area contributed by atoms with Crippen molar-refractivity contribution in [2.45, 2.75) is 24.3 Å². The number of hydrogen-bond donors (Lipinski definition) is 1. The van der Waals surface area contributed by atoms with E-state index in [4.69, 9.17) is 11.6 Å². The molecule has 0 fully saturated rings. The first-order chi connectivity index (χ1) is 12.5. The van der Waals surface area contributed by atoms with Gasteiger partial charge in [-0.05, 0) is 38.1 Å². The smallest absolute Gasteiger partial charge is 0.237 e. The Morgan fingerprint density at radius 2 is 1.85 bits per heavy atom. The number of benzene rings is 2. The maximum absolute atomic E-state index is 12.4. The third kappa shape index (κ3) is 4.08. The van der Waals surface area contributed by atoms with Crippen LogP contribution in [0.15, 0.2) is 53.7 Å². The zero-order valence-electron chi connectivity index (χ0n) is 14.7. The minimum Gasteiger partial charge on any atom is -0.325 e. The number of aryl methyl sites for hydroxylation is 1. The first-order valence-electron chi connectivity index (χ1n) is 8.14. The Morgan fingerprint density at radius 1 is 1.15 bits per heavy atom. The van der Waals surface area contributed by atoms with Crippen molar-refractivity contribution in [1.29, 1.82) is 0 Å². The number of carbonyl (C=O) groups excluding carboxylic acids is 1. The fourth-order valence-electron chi connectivity index (χ4n) is 2.39. The third-order valence-electron chi connectivity index (χ3n) is 3.92. The molecule has 0 bridgehead atoms. The van der Waals surface area contributed by atoms with E-state index < -0.39 is 0 Å². The lowest BCUT2D eigenvalue weighted by Gasteiger charge is -2.12. The fraction of sp³-hybridized carbons (Fsp3) is 0.211. The van der Waals surface area contributed by atoms with Crippen LogP contribution in [-0.2, 0) is 11.8 Å². The van der Waals surface area contributed by atoms with Crippen LogP contribution in [0.2, 0.25) is 5.02 Å². The second-order valence-electron chi connectivity index (χ2n) is 5.96. The van der Waals surface area contributed by atoms with Gasteiger partial charge >= 0.3 is 0 Å². The quantitative estimate of drug-likeness (QED) is 0.653. The Morgan fingerprint density at radius 3 is 2.54 bits per heavy atom. The minimum atomic E-state index is -0.321. The molecular weight excluding hydrogens is 368 g/mol. The van der Waals surface area contributed by atoms with E-state index in [-0.39, 0.29) is 11.2 Å². The molecule has 3 aromatic rings. The molecule has 2 aromatic carbocycles. The number of nitrogens with one attached hydrogen (secondary N) is 1. The molecule has 1 aromatic heterocycles. The van der Waals surface area contributed by atoms with Gasteiger partial charge in [-0.15, -0.1) is 10.2 Å². The van der Waals surface area contributed by atoms with Crippen LogP contribution in [0.3, 0.4) is 0 Å². The fourth-order valence-corrected chi connectivity index (χ4v) is 3.42. The lowest BCUT2D eigenvalue weighted by Crippen LogP contribution is -2.22. The Hall–Kier alpha value is -2.31. The summed E-state index contributed by atoms with van der Waals surface area (Å²) in [6.07, 6.45) is 0. The van der Waals surface area contributed by atoms with Gasteiger partial charge in [0.05, 0.1) is 10.3 Å². The molecule has 1 N–H and O–H groups in total. The Kier molecular flexibility index (Phi) is 5.64. The first-order valence-corrected chi connectivity index (χ1v) is 9.40. The van der Waals surface area contributed by atoms with Gasteiger partial charge in [0.2, 0.25) is 5.91 Å². The molecule has 7 heteroatoms. The predicted molar refractivity (Wildman–Crippen MR) is 107 cm³/mol. The number of thioether (sulfide) groups is 1. The number of rotatable bonds is 5. The number of nitrogens with zero attached hydrogens (tertiary/aromatic N) is 3. The lowest BCUT2D eigenvalue weighted by atomic mass is 10.2. The van der Waals surface area contributed by atoms with Crippen molar-refractivity contribution in [3.8, 4) is 11.4 Å². The maximum Gasteiger partial charge on any atom is 0.237 e. The van der Waals surface area contributed by atoms with Gasteiger partial charge in [-0.25, -0.2) is 0 Å². The summed E-state index contributed by atoms with van der Waals surface area (Å²) in [7, 11) is 1.87. The molecule has 0 saturated heterocycles. The summed E-state index contributed by atoms with van der Waals surface area (Å²) in [5.74, 6) is 0.588. The maximum atomic E-state index is 12.4. The number of hydrogen-bond acceptors (Lipinski definition) is 4. The first kappa shape index (κ1) is 18.5. The van der Waals surface area contributed by atoms with Crippen molar-refractivity contribution in [2.24, 2.45) is 7.05 Å². The standard InChI is InChI=1S/C19H19ClN4OS/c1-12-8-10-14(11-9-12)21-18(25)13(2)26-19-23-22-17(24(19)3)15-6-4-5-7-16(15)20/h4-11,13H,1-3H3,(H,21,25)/t13-/m1/s1. The molecule has 134 valence electrons. The molecule has 3 rings (SSSR count). The van der Waals surface area contributed by atoms with Crippen LogP contribution in [0.5, 0.6) is 0 Å². The zero-order chi connectivity index (χ0) is 18.7. The SMILES string of the molecule is Cc1ccc(NC(=O)[C@@H](C)Sc2nnc(-c3ccccc3Cl)n2C)cc1. The Labute approximate surface area is 161 Å². The van der Waals surface area contributed by atoms with Gasteiger partial charge in [-0.1, -0.05) is 53.2 Å². The molecule has 26 heavy (non-hydrogen) atoms. The minimum absolute atomic E-state index is 0.0823. The van der Waals surface area contributed by atoms with E-state index in [9.17, 15) is 4.79 Å². The lowest BCUT2D eigenvalue weighted by molar-refractivity contribution is -0.115. The number of anilines is 1. The highest BCUT2D eigenvalue weighted by molar-refractivity contribution is 8.00. The van der Waals surface area contributed by atoms with Crippen LogP contribution in [0.25, 0.3) is 11.4 Å².